The molecule has 0 spiro atoms. The molecule has 0 unspecified atom stereocenters. The first-order valence-electron chi connectivity index (χ1n) is 8.50. The second kappa shape index (κ2) is 8.99. The molecule has 146 valence electrons. The van der Waals surface area contributed by atoms with E-state index in [9.17, 15) is 4.79 Å². The van der Waals surface area contributed by atoms with Crippen molar-refractivity contribution in [3.63, 3.8) is 0 Å². The molecule has 0 amide bonds. The van der Waals surface area contributed by atoms with Crippen molar-refractivity contribution in [1.82, 2.24) is 0 Å². The van der Waals surface area contributed by atoms with Gasteiger partial charge in [0.15, 0.2) is 17.2 Å². The molecule has 0 aromatic heterocycles. The van der Waals surface area contributed by atoms with E-state index in [0.717, 1.165) is 0 Å². The lowest BCUT2D eigenvalue weighted by Crippen LogP contribution is -2.06. The van der Waals surface area contributed by atoms with Crippen LogP contribution in [0.5, 0.6) is 11.5 Å². The van der Waals surface area contributed by atoms with Gasteiger partial charge in [-0.05, 0) is 71.7 Å². The Kier molecular flexibility index (Phi) is 6.65. The molecule has 0 radical (unpaired) electrons. The molecule has 5 nitrogen and oxygen atoms in total. The van der Waals surface area contributed by atoms with Crippen molar-refractivity contribution >= 4 is 57.1 Å². The molecular formula is C20H16BrCl2NO4. The zero-order valence-corrected chi connectivity index (χ0v) is 18.2. The van der Waals surface area contributed by atoms with E-state index in [2.05, 4.69) is 20.9 Å². The number of halogens is 3. The molecule has 0 saturated heterocycles. The molecule has 0 fully saturated rings. The highest BCUT2D eigenvalue weighted by Gasteiger charge is 2.26. The predicted molar refractivity (Wildman–Crippen MR) is 114 cm³/mol. The fourth-order valence-electron chi connectivity index (χ4n) is 2.56. The Bertz CT molecular complexity index is 988. The number of carbonyl (C=O) groups is 1. The van der Waals surface area contributed by atoms with Gasteiger partial charge >= 0.3 is 5.97 Å². The fourth-order valence-corrected chi connectivity index (χ4v) is 3.63. The van der Waals surface area contributed by atoms with Crippen LogP contribution in [0.4, 0.5) is 0 Å². The summed E-state index contributed by atoms with van der Waals surface area (Å²) in [6.45, 7) is 4.76. The summed E-state index contributed by atoms with van der Waals surface area (Å²) in [7, 11) is 0. The molecule has 0 atom stereocenters. The van der Waals surface area contributed by atoms with Crippen molar-refractivity contribution < 1.29 is 19.0 Å². The third-order valence-electron chi connectivity index (χ3n) is 3.71. The average Bonchev–Trinajstić information content (AvgIpc) is 2.98. The van der Waals surface area contributed by atoms with E-state index < -0.39 is 5.97 Å². The zero-order chi connectivity index (χ0) is 20.3. The molecule has 0 N–H and O–H groups in total. The minimum atomic E-state index is -0.566. The van der Waals surface area contributed by atoms with Crippen LogP contribution in [0.2, 0.25) is 10.0 Å². The maximum Gasteiger partial charge on any atom is 0.363 e. The SMILES string of the molecule is CCOc1cc(C=C2N=C(c3ccc(Cl)cc3Cl)OC2=O)cc(Br)c1OCC. The van der Waals surface area contributed by atoms with Crippen molar-refractivity contribution in [2.75, 3.05) is 13.2 Å². The van der Waals surface area contributed by atoms with Gasteiger partial charge in [-0.15, -0.1) is 0 Å². The quantitative estimate of drug-likeness (QED) is 0.378. The fraction of sp³-hybridized carbons (Fsp3) is 0.200. The highest BCUT2D eigenvalue weighted by atomic mass is 79.9. The summed E-state index contributed by atoms with van der Waals surface area (Å²) in [5.41, 5.74) is 1.35. The van der Waals surface area contributed by atoms with Crippen LogP contribution in [0.25, 0.3) is 6.08 Å². The van der Waals surface area contributed by atoms with Gasteiger partial charge in [0, 0.05) is 5.02 Å². The summed E-state index contributed by atoms with van der Waals surface area (Å²) in [4.78, 5) is 16.5. The molecule has 1 aliphatic heterocycles. The Morgan fingerprint density at radius 1 is 1.14 bits per heavy atom. The lowest BCUT2D eigenvalue weighted by Gasteiger charge is -2.13. The number of benzene rings is 2. The standard InChI is InChI=1S/C20H16BrCl2NO4/c1-3-26-17-9-11(7-14(21)18(17)27-4-2)8-16-20(25)28-19(24-16)13-6-5-12(22)10-15(13)23/h5-10H,3-4H2,1-2H3. The van der Waals surface area contributed by atoms with Crippen LogP contribution in [0, 0.1) is 0 Å². The normalized spacial score (nSPS) is 14.8. The summed E-state index contributed by atoms with van der Waals surface area (Å²) >= 11 is 15.6. The minimum Gasteiger partial charge on any atom is -0.490 e. The van der Waals surface area contributed by atoms with E-state index in [1.807, 2.05) is 19.9 Å². The third kappa shape index (κ3) is 4.51. The number of nitrogens with zero attached hydrogens (tertiary/aromatic N) is 1. The third-order valence-corrected chi connectivity index (χ3v) is 4.84. The summed E-state index contributed by atoms with van der Waals surface area (Å²) in [5.74, 6) is 0.747. The molecular weight excluding hydrogens is 469 g/mol. The largest absolute Gasteiger partial charge is 0.490 e. The Morgan fingerprint density at radius 3 is 2.57 bits per heavy atom. The summed E-state index contributed by atoms with van der Waals surface area (Å²) in [6.07, 6.45) is 1.61. The van der Waals surface area contributed by atoms with Gasteiger partial charge in [-0.2, -0.15) is 0 Å². The van der Waals surface area contributed by atoms with Crippen molar-refractivity contribution in [1.29, 1.82) is 0 Å². The van der Waals surface area contributed by atoms with Crippen LogP contribution in [0.15, 0.2) is 45.5 Å². The molecule has 3 rings (SSSR count). The Morgan fingerprint density at radius 2 is 1.89 bits per heavy atom. The smallest absolute Gasteiger partial charge is 0.363 e. The first-order valence-corrected chi connectivity index (χ1v) is 10.0. The highest BCUT2D eigenvalue weighted by Crippen LogP contribution is 2.38. The molecule has 0 bridgehead atoms. The van der Waals surface area contributed by atoms with Crippen LogP contribution in [0.1, 0.15) is 25.0 Å². The topological polar surface area (TPSA) is 57.1 Å². The number of ether oxygens (including phenoxy) is 3. The lowest BCUT2D eigenvalue weighted by molar-refractivity contribution is -0.129. The number of hydrogen-bond acceptors (Lipinski definition) is 5. The van der Waals surface area contributed by atoms with Crippen molar-refractivity contribution in [3.8, 4) is 11.5 Å². The summed E-state index contributed by atoms with van der Waals surface area (Å²) in [5, 5.41) is 0.833. The molecule has 8 heteroatoms. The van der Waals surface area contributed by atoms with E-state index in [-0.39, 0.29) is 11.6 Å². The predicted octanol–water partition coefficient (Wildman–Crippen LogP) is 5.90. The van der Waals surface area contributed by atoms with Gasteiger partial charge in [0.2, 0.25) is 5.90 Å². The van der Waals surface area contributed by atoms with Gasteiger partial charge in [-0.3, -0.25) is 0 Å². The molecule has 2 aromatic carbocycles. The molecule has 1 heterocycles. The van der Waals surface area contributed by atoms with E-state index in [1.165, 1.54) is 0 Å². The number of cyclic esters (lactones) is 1. The number of aliphatic imine (C=N–C) groups is 1. The summed E-state index contributed by atoms with van der Waals surface area (Å²) in [6, 6.07) is 8.46. The molecule has 2 aromatic rings. The number of hydrogen-bond donors (Lipinski definition) is 0. The first kappa shape index (κ1) is 20.7. The van der Waals surface area contributed by atoms with Crippen LogP contribution in [-0.4, -0.2) is 25.1 Å². The minimum absolute atomic E-state index is 0.132. The van der Waals surface area contributed by atoms with Crippen LogP contribution in [0.3, 0.4) is 0 Å². The first-order chi connectivity index (χ1) is 13.4. The van der Waals surface area contributed by atoms with Crippen LogP contribution in [-0.2, 0) is 9.53 Å². The van der Waals surface area contributed by atoms with Gasteiger partial charge in [-0.25, -0.2) is 9.79 Å². The second-order valence-electron chi connectivity index (χ2n) is 5.66. The van der Waals surface area contributed by atoms with Gasteiger partial charge in [0.25, 0.3) is 0 Å². The highest BCUT2D eigenvalue weighted by molar-refractivity contribution is 9.10. The van der Waals surface area contributed by atoms with Crippen LogP contribution >= 0.6 is 39.1 Å². The maximum atomic E-state index is 12.3. The van der Waals surface area contributed by atoms with E-state index in [0.29, 0.717) is 50.4 Å². The van der Waals surface area contributed by atoms with Crippen molar-refractivity contribution in [2.24, 2.45) is 4.99 Å². The van der Waals surface area contributed by atoms with Crippen molar-refractivity contribution in [2.45, 2.75) is 13.8 Å². The number of rotatable bonds is 6. The average molecular weight is 485 g/mol. The van der Waals surface area contributed by atoms with E-state index >= 15 is 0 Å². The zero-order valence-electron chi connectivity index (χ0n) is 15.1. The lowest BCUT2D eigenvalue weighted by atomic mass is 10.1. The van der Waals surface area contributed by atoms with Crippen molar-refractivity contribution in [3.05, 3.63) is 61.7 Å². The monoisotopic (exact) mass is 483 g/mol. The Hall–Kier alpha value is -2.02. The molecule has 1 aliphatic rings. The molecule has 0 aliphatic carbocycles. The Labute approximate surface area is 181 Å². The van der Waals surface area contributed by atoms with Crippen LogP contribution < -0.4 is 9.47 Å². The van der Waals surface area contributed by atoms with Gasteiger partial charge < -0.3 is 14.2 Å². The van der Waals surface area contributed by atoms with Gasteiger partial charge in [0.05, 0.1) is 28.3 Å². The van der Waals surface area contributed by atoms with Gasteiger partial charge in [0.1, 0.15) is 0 Å². The van der Waals surface area contributed by atoms with E-state index in [1.54, 1.807) is 30.3 Å². The second-order valence-corrected chi connectivity index (χ2v) is 7.35. The Balaban J connectivity index is 1.98. The number of carbonyl (C=O) groups excluding carboxylic acids is 1. The van der Waals surface area contributed by atoms with Gasteiger partial charge in [-0.1, -0.05) is 23.2 Å². The molecule has 28 heavy (non-hydrogen) atoms. The van der Waals surface area contributed by atoms with E-state index in [4.69, 9.17) is 37.4 Å². The molecule has 0 saturated carbocycles. The maximum absolute atomic E-state index is 12.3. The summed E-state index contributed by atoms with van der Waals surface area (Å²) < 4.78 is 17.3. The number of esters is 1.